The van der Waals surface area contributed by atoms with Gasteiger partial charge in [-0.2, -0.15) is 0 Å². The van der Waals surface area contributed by atoms with Crippen LogP contribution >= 0.6 is 22.7 Å². The van der Waals surface area contributed by atoms with Gasteiger partial charge < -0.3 is 4.57 Å². The van der Waals surface area contributed by atoms with Crippen LogP contribution < -0.4 is 0 Å². The molecule has 5 aromatic carbocycles. The van der Waals surface area contributed by atoms with Crippen molar-refractivity contribution < 1.29 is 0 Å². The largest absolute Gasteiger partial charge is 0.333 e. The number of hydrogen-bond acceptors (Lipinski definition) is 4. The second kappa shape index (κ2) is 7.85. The zero-order valence-corrected chi connectivity index (χ0v) is 22.7. The smallest absolute Gasteiger partial charge is 0.128 e. The molecule has 3 nitrogen and oxygen atoms in total. The summed E-state index contributed by atoms with van der Waals surface area (Å²) in [7, 11) is 0. The molecule has 39 heavy (non-hydrogen) atoms. The third-order valence-corrected chi connectivity index (χ3v) is 10.2. The minimum absolute atomic E-state index is 0.687. The minimum atomic E-state index is 0.687. The number of fused-ring (bicyclic) bond motifs is 13. The van der Waals surface area contributed by atoms with E-state index in [1.807, 2.05) is 18.3 Å². The van der Waals surface area contributed by atoms with Crippen molar-refractivity contribution in [3.63, 3.8) is 0 Å². The zero-order chi connectivity index (χ0) is 25.7. The monoisotopic (exact) mass is 535 g/mol. The second-order valence-electron chi connectivity index (χ2n) is 10.2. The topological polar surface area (TPSA) is 30.7 Å². The molecule has 0 atom stereocenters. The van der Waals surface area contributed by atoms with Crippen molar-refractivity contribution in [3.05, 3.63) is 109 Å². The van der Waals surface area contributed by atoms with Gasteiger partial charge in [0, 0.05) is 47.2 Å². The Bertz CT molecular complexity index is 2440. The van der Waals surface area contributed by atoms with Gasteiger partial charge in [0.25, 0.3) is 0 Å². The molecule has 0 unspecified atom stereocenters. The Kier molecular flexibility index (Phi) is 4.35. The summed E-state index contributed by atoms with van der Waals surface area (Å²) in [4.78, 5) is 11.0. The quantitative estimate of drug-likeness (QED) is 0.220. The predicted molar refractivity (Wildman–Crippen MR) is 169 cm³/mol. The van der Waals surface area contributed by atoms with E-state index in [1.54, 1.807) is 11.3 Å². The molecule has 5 heteroatoms. The fourth-order valence-corrected chi connectivity index (χ4v) is 8.87. The highest BCUT2D eigenvalue weighted by Crippen LogP contribution is 2.47. The highest BCUT2D eigenvalue weighted by atomic mass is 32.1. The van der Waals surface area contributed by atoms with Crippen molar-refractivity contribution in [2.24, 2.45) is 0 Å². The highest BCUT2D eigenvalue weighted by Gasteiger charge is 2.22. The van der Waals surface area contributed by atoms with Gasteiger partial charge in [-0.3, -0.25) is 0 Å². The van der Waals surface area contributed by atoms with Gasteiger partial charge in [-0.15, -0.1) is 22.7 Å². The lowest BCUT2D eigenvalue weighted by atomic mass is 9.99. The fraction of sp³-hybridized carbons (Fsp3) is 0.0588. The maximum atomic E-state index is 5.08. The number of nitrogens with zero attached hydrogens (tertiary/aromatic N) is 3. The predicted octanol–water partition coefficient (Wildman–Crippen LogP) is 9.83. The lowest BCUT2D eigenvalue weighted by Gasteiger charge is -2.11. The summed E-state index contributed by atoms with van der Waals surface area (Å²) in [6.07, 6.45) is 0. The average Bonchev–Trinajstić information content (AvgIpc) is 3.63. The molecule has 0 N–H and O–H groups in total. The summed E-state index contributed by atoms with van der Waals surface area (Å²) in [5.74, 6) is 0.822. The molecule has 4 heterocycles. The van der Waals surface area contributed by atoms with Crippen LogP contribution in [0.25, 0.3) is 73.1 Å². The maximum absolute atomic E-state index is 5.08. The van der Waals surface area contributed by atoms with Gasteiger partial charge in [0.2, 0.25) is 0 Å². The summed E-state index contributed by atoms with van der Waals surface area (Å²) in [5.41, 5.74) is 3.63. The van der Waals surface area contributed by atoms with E-state index in [0.717, 1.165) is 16.3 Å². The molecule has 0 spiro atoms. The number of benzene rings is 5. The van der Waals surface area contributed by atoms with Crippen molar-refractivity contribution >= 4 is 95.7 Å². The Morgan fingerprint density at radius 3 is 1.95 bits per heavy atom. The Hall–Kier alpha value is -4.32. The molecule has 0 bridgehead atoms. The van der Waals surface area contributed by atoms with E-state index in [4.69, 9.17) is 9.97 Å². The Labute approximate surface area is 231 Å². The number of aryl methyl sites for hydroxylation is 1. The molecule has 0 aliphatic rings. The SMILES string of the molecule is Cc1nc(Cn2c3ccccc3c3c4ccccc4c4c5ccccc5sc4c32)c2c(n1)sc1ccccc12. The molecule has 0 saturated heterocycles. The Balaban J connectivity index is 1.48. The first-order chi connectivity index (χ1) is 19.3. The molecule has 0 fully saturated rings. The summed E-state index contributed by atoms with van der Waals surface area (Å²) in [5, 5.41) is 10.4. The van der Waals surface area contributed by atoms with Gasteiger partial charge in [0.05, 0.1) is 22.5 Å². The summed E-state index contributed by atoms with van der Waals surface area (Å²) < 4.78 is 6.45. The van der Waals surface area contributed by atoms with Crippen LogP contribution in [-0.2, 0) is 6.54 Å². The number of para-hydroxylation sites is 1. The molecular weight excluding hydrogens is 515 g/mol. The number of hydrogen-bond donors (Lipinski definition) is 0. The molecule has 0 aliphatic heterocycles. The molecule has 4 aromatic heterocycles. The fourth-order valence-electron chi connectivity index (χ4n) is 6.45. The molecule has 0 radical (unpaired) electrons. The van der Waals surface area contributed by atoms with Gasteiger partial charge in [-0.05, 0) is 35.9 Å². The van der Waals surface area contributed by atoms with Crippen molar-refractivity contribution in [3.8, 4) is 0 Å². The molecule has 0 saturated carbocycles. The van der Waals surface area contributed by atoms with E-state index in [-0.39, 0.29) is 0 Å². The Morgan fingerprint density at radius 1 is 0.590 bits per heavy atom. The van der Waals surface area contributed by atoms with Crippen LogP contribution in [0.5, 0.6) is 0 Å². The van der Waals surface area contributed by atoms with E-state index < -0.39 is 0 Å². The van der Waals surface area contributed by atoms with Crippen LogP contribution in [0, 0.1) is 6.92 Å². The van der Waals surface area contributed by atoms with Crippen molar-refractivity contribution in [2.75, 3.05) is 0 Å². The standard InChI is InChI=1S/C34H21N3S2/c1-19-35-25(31-24-14-6-9-17-28(24)39-34(31)36-19)18-37-26-15-7-4-12-22(26)29-20-10-2-3-11-21(20)30-23-13-5-8-16-27(23)38-33(30)32(29)37/h2-17H,18H2,1H3. The lowest BCUT2D eigenvalue weighted by molar-refractivity contribution is 0.834. The highest BCUT2D eigenvalue weighted by molar-refractivity contribution is 7.27. The van der Waals surface area contributed by atoms with E-state index in [9.17, 15) is 0 Å². The minimum Gasteiger partial charge on any atom is -0.333 e. The lowest BCUT2D eigenvalue weighted by Crippen LogP contribution is -2.04. The van der Waals surface area contributed by atoms with Crippen molar-refractivity contribution in [1.29, 1.82) is 0 Å². The van der Waals surface area contributed by atoms with Gasteiger partial charge in [0.15, 0.2) is 0 Å². The average molecular weight is 536 g/mol. The third kappa shape index (κ3) is 2.92. The maximum Gasteiger partial charge on any atom is 0.128 e. The van der Waals surface area contributed by atoms with Crippen LogP contribution in [0.3, 0.4) is 0 Å². The van der Waals surface area contributed by atoms with Crippen LogP contribution in [0.15, 0.2) is 97.1 Å². The second-order valence-corrected chi connectivity index (χ2v) is 12.3. The number of aromatic nitrogens is 3. The van der Waals surface area contributed by atoms with Gasteiger partial charge in [0.1, 0.15) is 10.7 Å². The van der Waals surface area contributed by atoms with Gasteiger partial charge in [-0.25, -0.2) is 9.97 Å². The molecule has 0 amide bonds. The van der Waals surface area contributed by atoms with Gasteiger partial charge in [-0.1, -0.05) is 78.9 Å². The summed E-state index contributed by atoms with van der Waals surface area (Å²) in [6, 6.07) is 35.2. The van der Waals surface area contributed by atoms with Crippen LogP contribution in [-0.4, -0.2) is 14.5 Å². The number of rotatable bonds is 2. The van der Waals surface area contributed by atoms with E-state index in [0.29, 0.717) is 6.54 Å². The normalized spacial score (nSPS) is 12.3. The molecular formula is C34H21N3S2. The molecule has 9 aromatic rings. The van der Waals surface area contributed by atoms with Crippen molar-refractivity contribution in [2.45, 2.75) is 13.5 Å². The molecule has 9 rings (SSSR count). The van der Waals surface area contributed by atoms with Crippen LogP contribution in [0.2, 0.25) is 0 Å². The first-order valence-corrected chi connectivity index (χ1v) is 14.8. The van der Waals surface area contributed by atoms with E-state index >= 15 is 0 Å². The van der Waals surface area contributed by atoms with Crippen molar-refractivity contribution in [1.82, 2.24) is 14.5 Å². The molecule has 0 aliphatic carbocycles. The first kappa shape index (κ1) is 21.6. The van der Waals surface area contributed by atoms with E-state index in [1.165, 1.54) is 68.2 Å². The van der Waals surface area contributed by atoms with E-state index in [2.05, 4.69) is 102 Å². The Morgan fingerprint density at radius 2 is 1.18 bits per heavy atom. The zero-order valence-electron chi connectivity index (χ0n) is 21.1. The summed E-state index contributed by atoms with van der Waals surface area (Å²) >= 11 is 3.66. The van der Waals surface area contributed by atoms with Gasteiger partial charge >= 0.3 is 0 Å². The number of thiophene rings is 2. The summed E-state index contributed by atoms with van der Waals surface area (Å²) in [6.45, 7) is 2.70. The molecule has 184 valence electrons. The first-order valence-electron chi connectivity index (χ1n) is 13.1. The van der Waals surface area contributed by atoms with Crippen LogP contribution in [0.4, 0.5) is 0 Å². The van der Waals surface area contributed by atoms with Crippen LogP contribution in [0.1, 0.15) is 11.5 Å². The third-order valence-electron chi connectivity index (χ3n) is 7.98.